The van der Waals surface area contributed by atoms with Crippen molar-refractivity contribution in [3.8, 4) is 0 Å². The lowest BCUT2D eigenvalue weighted by Gasteiger charge is -2.10. The standard InChI is InChI=1S/C13H20N2O.ClH/c1-3-12(14)13(16)15-9-8-11-7-5-4-6-10(11)2;/h4-7,12H,3,8-9,14H2,1-2H3,(H,15,16);1H/t12-;/m0./s1. The van der Waals surface area contributed by atoms with Crippen molar-refractivity contribution in [2.24, 2.45) is 5.73 Å². The molecule has 0 heterocycles. The van der Waals surface area contributed by atoms with Crippen LogP contribution in [0.3, 0.4) is 0 Å². The Morgan fingerprint density at radius 3 is 2.65 bits per heavy atom. The lowest BCUT2D eigenvalue weighted by Crippen LogP contribution is -2.40. The summed E-state index contributed by atoms with van der Waals surface area (Å²) in [6.45, 7) is 4.64. The summed E-state index contributed by atoms with van der Waals surface area (Å²) in [5.74, 6) is -0.0592. The summed E-state index contributed by atoms with van der Waals surface area (Å²) in [4.78, 5) is 11.4. The lowest BCUT2D eigenvalue weighted by molar-refractivity contribution is -0.122. The number of carbonyl (C=O) groups is 1. The van der Waals surface area contributed by atoms with Crippen LogP contribution in [-0.4, -0.2) is 18.5 Å². The topological polar surface area (TPSA) is 55.1 Å². The van der Waals surface area contributed by atoms with Crippen molar-refractivity contribution < 1.29 is 4.79 Å². The minimum atomic E-state index is -0.378. The van der Waals surface area contributed by atoms with Gasteiger partial charge in [0.2, 0.25) is 5.91 Å². The highest BCUT2D eigenvalue weighted by Crippen LogP contribution is 2.06. The molecule has 0 fully saturated rings. The molecular formula is C13H21ClN2O. The molecule has 4 heteroatoms. The molecule has 0 radical (unpaired) electrons. The molecule has 0 aromatic heterocycles. The molecular weight excluding hydrogens is 236 g/mol. The Labute approximate surface area is 109 Å². The van der Waals surface area contributed by atoms with Crippen molar-refractivity contribution in [1.29, 1.82) is 0 Å². The molecule has 17 heavy (non-hydrogen) atoms. The molecule has 3 N–H and O–H groups in total. The fourth-order valence-corrected chi connectivity index (χ4v) is 1.53. The monoisotopic (exact) mass is 256 g/mol. The minimum Gasteiger partial charge on any atom is -0.354 e. The number of halogens is 1. The van der Waals surface area contributed by atoms with Crippen LogP contribution in [0.2, 0.25) is 0 Å². The first-order chi connectivity index (χ1) is 7.65. The van der Waals surface area contributed by atoms with Crippen molar-refractivity contribution in [2.75, 3.05) is 6.54 Å². The predicted octanol–water partition coefficient (Wildman–Crippen LogP) is 1.81. The van der Waals surface area contributed by atoms with E-state index < -0.39 is 0 Å². The molecule has 1 rings (SSSR count). The average molecular weight is 257 g/mol. The Hall–Kier alpha value is -1.06. The number of carbonyl (C=O) groups excluding carboxylic acids is 1. The molecule has 0 saturated carbocycles. The van der Waals surface area contributed by atoms with Gasteiger partial charge >= 0.3 is 0 Å². The van der Waals surface area contributed by atoms with E-state index in [-0.39, 0.29) is 24.4 Å². The summed E-state index contributed by atoms with van der Waals surface area (Å²) >= 11 is 0. The second-order valence-electron chi connectivity index (χ2n) is 3.98. The van der Waals surface area contributed by atoms with Crippen LogP contribution in [0.15, 0.2) is 24.3 Å². The van der Waals surface area contributed by atoms with Gasteiger partial charge in [-0.2, -0.15) is 0 Å². The Bertz CT molecular complexity index is 355. The van der Waals surface area contributed by atoms with E-state index in [0.717, 1.165) is 6.42 Å². The van der Waals surface area contributed by atoms with E-state index >= 15 is 0 Å². The Morgan fingerprint density at radius 1 is 1.41 bits per heavy atom. The van der Waals surface area contributed by atoms with E-state index in [2.05, 4.69) is 24.4 Å². The molecule has 0 saturated heterocycles. The summed E-state index contributed by atoms with van der Waals surface area (Å²) in [5, 5.41) is 2.85. The maximum absolute atomic E-state index is 11.4. The van der Waals surface area contributed by atoms with E-state index in [1.54, 1.807) is 0 Å². The third-order valence-corrected chi connectivity index (χ3v) is 2.73. The number of hydrogen-bond acceptors (Lipinski definition) is 2. The largest absolute Gasteiger partial charge is 0.354 e. The molecule has 96 valence electrons. The highest BCUT2D eigenvalue weighted by molar-refractivity contribution is 5.85. The second-order valence-corrected chi connectivity index (χ2v) is 3.98. The van der Waals surface area contributed by atoms with Gasteiger partial charge in [-0.1, -0.05) is 31.2 Å². The zero-order valence-corrected chi connectivity index (χ0v) is 11.2. The van der Waals surface area contributed by atoms with Crippen LogP contribution in [0.5, 0.6) is 0 Å². The summed E-state index contributed by atoms with van der Waals surface area (Å²) in [6.07, 6.45) is 1.53. The van der Waals surface area contributed by atoms with Crippen LogP contribution in [0.25, 0.3) is 0 Å². The molecule has 0 aliphatic carbocycles. The molecule has 0 bridgehead atoms. The smallest absolute Gasteiger partial charge is 0.236 e. The number of nitrogens with two attached hydrogens (primary N) is 1. The van der Waals surface area contributed by atoms with Crippen LogP contribution in [0.4, 0.5) is 0 Å². The van der Waals surface area contributed by atoms with Gasteiger partial charge in [-0.3, -0.25) is 4.79 Å². The molecule has 1 aromatic rings. The van der Waals surface area contributed by atoms with E-state index in [1.807, 2.05) is 19.1 Å². The van der Waals surface area contributed by atoms with Crippen LogP contribution in [0.1, 0.15) is 24.5 Å². The number of benzene rings is 1. The number of rotatable bonds is 5. The third kappa shape index (κ3) is 5.20. The van der Waals surface area contributed by atoms with Crippen molar-refractivity contribution in [3.05, 3.63) is 35.4 Å². The Morgan fingerprint density at radius 2 is 2.06 bits per heavy atom. The number of amides is 1. The van der Waals surface area contributed by atoms with Gasteiger partial charge in [0.15, 0.2) is 0 Å². The van der Waals surface area contributed by atoms with E-state index in [4.69, 9.17) is 5.73 Å². The van der Waals surface area contributed by atoms with E-state index in [9.17, 15) is 4.79 Å². The van der Waals surface area contributed by atoms with Gasteiger partial charge in [0, 0.05) is 6.54 Å². The molecule has 0 spiro atoms. The van der Waals surface area contributed by atoms with E-state index in [0.29, 0.717) is 13.0 Å². The first-order valence-electron chi connectivity index (χ1n) is 5.73. The van der Waals surface area contributed by atoms with Gasteiger partial charge in [-0.05, 0) is 30.9 Å². The van der Waals surface area contributed by atoms with Gasteiger partial charge in [0.1, 0.15) is 0 Å². The van der Waals surface area contributed by atoms with Gasteiger partial charge in [-0.15, -0.1) is 12.4 Å². The average Bonchev–Trinajstić information content (AvgIpc) is 2.30. The predicted molar refractivity (Wildman–Crippen MR) is 73.4 cm³/mol. The fourth-order valence-electron chi connectivity index (χ4n) is 1.53. The SMILES string of the molecule is CC[C@H](N)C(=O)NCCc1ccccc1C.Cl. The summed E-state index contributed by atoms with van der Waals surface area (Å²) in [6, 6.07) is 7.82. The van der Waals surface area contributed by atoms with Crippen molar-refractivity contribution in [3.63, 3.8) is 0 Å². The first-order valence-corrected chi connectivity index (χ1v) is 5.73. The van der Waals surface area contributed by atoms with E-state index in [1.165, 1.54) is 11.1 Å². The van der Waals surface area contributed by atoms with Gasteiger partial charge in [-0.25, -0.2) is 0 Å². The number of hydrogen-bond donors (Lipinski definition) is 2. The molecule has 1 amide bonds. The fraction of sp³-hybridized carbons (Fsp3) is 0.462. The molecule has 1 aromatic carbocycles. The van der Waals surface area contributed by atoms with Crippen molar-refractivity contribution in [2.45, 2.75) is 32.7 Å². The summed E-state index contributed by atoms with van der Waals surface area (Å²) in [5.41, 5.74) is 8.15. The second kappa shape index (κ2) is 8.09. The molecule has 0 aliphatic rings. The molecule has 0 unspecified atom stereocenters. The molecule has 1 atom stereocenters. The maximum Gasteiger partial charge on any atom is 0.236 e. The highest BCUT2D eigenvalue weighted by atomic mass is 35.5. The van der Waals surface area contributed by atoms with Crippen LogP contribution >= 0.6 is 12.4 Å². The minimum absolute atomic E-state index is 0. The summed E-state index contributed by atoms with van der Waals surface area (Å²) < 4.78 is 0. The van der Waals surface area contributed by atoms with Crippen molar-refractivity contribution in [1.82, 2.24) is 5.32 Å². The number of nitrogens with one attached hydrogen (secondary N) is 1. The van der Waals surface area contributed by atoms with Gasteiger partial charge in [0.25, 0.3) is 0 Å². The Kier molecular flexibility index (Phi) is 7.59. The quantitative estimate of drug-likeness (QED) is 0.844. The molecule has 0 aliphatic heterocycles. The zero-order valence-electron chi connectivity index (χ0n) is 10.4. The Balaban J connectivity index is 0.00000256. The zero-order chi connectivity index (χ0) is 12.0. The summed E-state index contributed by atoms with van der Waals surface area (Å²) in [7, 11) is 0. The van der Waals surface area contributed by atoms with Crippen LogP contribution < -0.4 is 11.1 Å². The first kappa shape index (κ1) is 15.9. The number of aryl methyl sites for hydroxylation is 1. The van der Waals surface area contributed by atoms with Crippen molar-refractivity contribution >= 4 is 18.3 Å². The normalized spacial score (nSPS) is 11.5. The maximum atomic E-state index is 11.4. The molecule has 3 nitrogen and oxygen atoms in total. The van der Waals surface area contributed by atoms with Crippen LogP contribution in [-0.2, 0) is 11.2 Å². The third-order valence-electron chi connectivity index (χ3n) is 2.73. The highest BCUT2D eigenvalue weighted by Gasteiger charge is 2.09. The van der Waals surface area contributed by atoms with Crippen LogP contribution in [0, 0.1) is 6.92 Å². The van der Waals surface area contributed by atoms with Gasteiger partial charge in [0.05, 0.1) is 6.04 Å². The lowest BCUT2D eigenvalue weighted by atomic mass is 10.1. The van der Waals surface area contributed by atoms with Gasteiger partial charge < -0.3 is 11.1 Å².